The van der Waals surface area contributed by atoms with Crippen LogP contribution in [0, 0.1) is 13.8 Å². The molecule has 1 N–H and O–H groups in total. The Bertz CT molecular complexity index is 919. The Morgan fingerprint density at radius 2 is 1.68 bits per heavy atom. The lowest BCUT2D eigenvalue weighted by Crippen LogP contribution is -2.29. The molecule has 1 aliphatic rings. The molecule has 2 aromatic rings. The van der Waals surface area contributed by atoms with E-state index in [1.165, 1.54) is 17.3 Å². The maximum absolute atomic E-state index is 12.6. The normalized spacial score (nSPS) is 15.4. The number of nitrogens with one attached hydrogen (secondary N) is 1. The van der Waals surface area contributed by atoms with Gasteiger partial charge in [-0.1, -0.05) is 71.5 Å². The Morgan fingerprint density at radius 3 is 2.32 bits per heavy atom. The predicted octanol–water partition coefficient (Wildman–Crippen LogP) is 4.92. The van der Waals surface area contributed by atoms with Gasteiger partial charge in [0.1, 0.15) is 4.32 Å². The minimum absolute atomic E-state index is 0.0653. The first-order valence-corrected chi connectivity index (χ1v) is 10.3. The number of carbonyl (C=O) groups excluding carboxylic acids is 2. The van der Waals surface area contributed by atoms with Crippen LogP contribution < -0.4 is 5.32 Å². The predicted molar refractivity (Wildman–Crippen MR) is 120 cm³/mol. The van der Waals surface area contributed by atoms with Gasteiger partial charge in [0.15, 0.2) is 0 Å². The van der Waals surface area contributed by atoms with Gasteiger partial charge in [-0.05, 0) is 44.0 Å². The molecule has 28 heavy (non-hydrogen) atoms. The molecule has 0 radical (unpaired) electrons. The molecule has 144 valence electrons. The van der Waals surface area contributed by atoms with Crippen LogP contribution in [0.4, 0.5) is 5.69 Å². The summed E-state index contributed by atoms with van der Waals surface area (Å²) >= 11 is 6.67. The van der Waals surface area contributed by atoms with Crippen molar-refractivity contribution >= 4 is 51.9 Å². The Labute approximate surface area is 175 Å². The van der Waals surface area contributed by atoms with Crippen molar-refractivity contribution in [2.45, 2.75) is 26.7 Å². The van der Waals surface area contributed by atoms with Crippen LogP contribution in [0.15, 0.2) is 53.4 Å². The summed E-state index contributed by atoms with van der Waals surface area (Å²) in [6.07, 6.45) is 2.76. The van der Waals surface area contributed by atoms with Gasteiger partial charge in [0.25, 0.3) is 5.91 Å². The van der Waals surface area contributed by atoms with Crippen LogP contribution in [0.25, 0.3) is 6.08 Å². The molecule has 3 rings (SSSR count). The number of thioether (sulfide) groups is 1. The number of aryl methyl sites for hydroxylation is 2. The van der Waals surface area contributed by atoms with Gasteiger partial charge < -0.3 is 5.32 Å². The summed E-state index contributed by atoms with van der Waals surface area (Å²) in [7, 11) is 0. The van der Waals surface area contributed by atoms with E-state index >= 15 is 0 Å². The maximum Gasteiger partial charge on any atom is 0.266 e. The van der Waals surface area contributed by atoms with E-state index in [-0.39, 0.29) is 11.8 Å². The lowest BCUT2D eigenvalue weighted by Gasteiger charge is -2.14. The summed E-state index contributed by atoms with van der Waals surface area (Å²) in [5.41, 5.74) is 4.07. The molecule has 0 bridgehead atoms. The summed E-state index contributed by atoms with van der Waals surface area (Å²) in [5, 5.41) is 2.87. The Morgan fingerprint density at radius 1 is 1.07 bits per heavy atom. The van der Waals surface area contributed by atoms with Crippen LogP contribution in [-0.2, 0) is 9.59 Å². The standard InChI is InChI=1S/C22H22N2O2S2/c1-15-5-9-17(10-6-15)14-19-21(26)24(22(27)28-19)13-3-4-20(25)23-18-11-7-16(2)8-12-18/h5-12,14H,3-4,13H2,1-2H3,(H,23,25). The van der Waals surface area contributed by atoms with E-state index in [2.05, 4.69) is 5.32 Å². The highest BCUT2D eigenvalue weighted by molar-refractivity contribution is 8.26. The van der Waals surface area contributed by atoms with Crippen molar-refractivity contribution in [2.75, 3.05) is 11.9 Å². The van der Waals surface area contributed by atoms with Crippen LogP contribution in [-0.4, -0.2) is 27.6 Å². The second kappa shape index (κ2) is 9.17. The first kappa shape index (κ1) is 20.3. The molecule has 1 saturated heterocycles. The van der Waals surface area contributed by atoms with Gasteiger partial charge in [-0.15, -0.1) is 0 Å². The van der Waals surface area contributed by atoms with Gasteiger partial charge in [-0.3, -0.25) is 14.5 Å². The van der Waals surface area contributed by atoms with E-state index in [1.54, 1.807) is 4.90 Å². The third kappa shape index (κ3) is 5.30. The first-order chi connectivity index (χ1) is 13.4. The highest BCUT2D eigenvalue weighted by Gasteiger charge is 2.31. The van der Waals surface area contributed by atoms with Crippen molar-refractivity contribution in [3.8, 4) is 0 Å². The third-order valence-electron chi connectivity index (χ3n) is 4.37. The molecular weight excluding hydrogens is 388 g/mol. The fraction of sp³-hybridized carbons (Fsp3) is 0.227. The highest BCUT2D eigenvalue weighted by Crippen LogP contribution is 2.32. The fourth-order valence-electron chi connectivity index (χ4n) is 2.76. The highest BCUT2D eigenvalue weighted by atomic mass is 32.2. The molecule has 4 nitrogen and oxygen atoms in total. The van der Waals surface area contributed by atoms with Gasteiger partial charge in [0.2, 0.25) is 5.91 Å². The van der Waals surface area contributed by atoms with Crippen molar-refractivity contribution < 1.29 is 9.59 Å². The largest absolute Gasteiger partial charge is 0.326 e. The number of rotatable bonds is 6. The van der Waals surface area contributed by atoms with Crippen LogP contribution in [0.3, 0.4) is 0 Å². The molecule has 0 saturated carbocycles. The Kier molecular flexibility index (Phi) is 6.65. The molecular formula is C22H22N2O2S2. The van der Waals surface area contributed by atoms with E-state index in [4.69, 9.17) is 12.2 Å². The Hall–Kier alpha value is -2.44. The van der Waals surface area contributed by atoms with Crippen LogP contribution in [0.5, 0.6) is 0 Å². The van der Waals surface area contributed by atoms with Gasteiger partial charge in [-0.2, -0.15) is 0 Å². The molecule has 2 amide bonds. The summed E-state index contributed by atoms with van der Waals surface area (Å²) in [6.45, 7) is 4.47. The zero-order valence-electron chi connectivity index (χ0n) is 15.9. The quantitative estimate of drug-likeness (QED) is 0.542. The number of hydrogen-bond donors (Lipinski definition) is 1. The second-order valence-electron chi connectivity index (χ2n) is 6.76. The number of carbonyl (C=O) groups is 2. The minimum atomic E-state index is -0.0884. The second-order valence-corrected chi connectivity index (χ2v) is 8.44. The third-order valence-corrected chi connectivity index (χ3v) is 5.75. The maximum atomic E-state index is 12.6. The van der Waals surface area contributed by atoms with Gasteiger partial charge >= 0.3 is 0 Å². The zero-order chi connectivity index (χ0) is 20.1. The molecule has 6 heteroatoms. The van der Waals surface area contributed by atoms with E-state index in [9.17, 15) is 9.59 Å². The van der Waals surface area contributed by atoms with Crippen molar-refractivity contribution in [1.82, 2.24) is 4.90 Å². The Balaban J connectivity index is 1.52. The lowest BCUT2D eigenvalue weighted by molar-refractivity contribution is -0.122. The molecule has 0 spiro atoms. The van der Waals surface area contributed by atoms with Gasteiger partial charge in [-0.25, -0.2) is 0 Å². The minimum Gasteiger partial charge on any atom is -0.326 e. The van der Waals surface area contributed by atoms with Crippen molar-refractivity contribution in [3.05, 3.63) is 70.1 Å². The summed E-state index contributed by atoms with van der Waals surface area (Å²) in [4.78, 5) is 26.9. The van der Waals surface area contributed by atoms with Crippen LogP contribution >= 0.6 is 24.0 Å². The van der Waals surface area contributed by atoms with E-state index in [0.29, 0.717) is 28.6 Å². The number of amides is 2. The molecule has 0 aromatic heterocycles. The average Bonchev–Trinajstić information content (AvgIpc) is 2.93. The summed E-state index contributed by atoms with van der Waals surface area (Å²) in [5.74, 6) is -0.154. The van der Waals surface area contributed by atoms with E-state index < -0.39 is 0 Å². The number of nitrogens with zero attached hydrogens (tertiary/aromatic N) is 1. The number of anilines is 1. The van der Waals surface area contributed by atoms with Crippen molar-refractivity contribution in [3.63, 3.8) is 0 Å². The van der Waals surface area contributed by atoms with Crippen LogP contribution in [0.1, 0.15) is 29.5 Å². The van der Waals surface area contributed by atoms with Crippen molar-refractivity contribution in [1.29, 1.82) is 0 Å². The molecule has 1 aliphatic heterocycles. The van der Waals surface area contributed by atoms with Gasteiger partial charge in [0, 0.05) is 18.7 Å². The number of benzene rings is 2. The van der Waals surface area contributed by atoms with Crippen molar-refractivity contribution in [2.24, 2.45) is 0 Å². The van der Waals surface area contributed by atoms with Gasteiger partial charge in [0.05, 0.1) is 4.91 Å². The summed E-state index contributed by atoms with van der Waals surface area (Å²) < 4.78 is 0.544. The molecule has 1 heterocycles. The summed E-state index contributed by atoms with van der Waals surface area (Å²) in [6, 6.07) is 15.7. The molecule has 1 fully saturated rings. The van der Waals surface area contributed by atoms with E-state index in [0.717, 1.165) is 16.8 Å². The number of hydrogen-bond acceptors (Lipinski definition) is 4. The molecule has 0 aliphatic carbocycles. The zero-order valence-corrected chi connectivity index (χ0v) is 17.5. The number of thiocarbonyl (C=S) groups is 1. The molecule has 0 atom stereocenters. The van der Waals surface area contributed by atoms with Crippen LogP contribution in [0.2, 0.25) is 0 Å². The first-order valence-electron chi connectivity index (χ1n) is 9.11. The smallest absolute Gasteiger partial charge is 0.266 e. The lowest BCUT2D eigenvalue weighted by atomic mass is 10.1. The topological polar surface area (TPSA) is 49.4 Å². The monoisotopic (exact) mass is 410 g/mol. The molecule has 2 aromatic carbocycles. The average molecular weight is 411 g/mol. The van der Waals surface area contributed by atoms with E-state index in [1.807, 2.05) is 68.5 Å². The fourth-order valence-corrected chi connectivity index (χ4v) is 4.07. The SMILES string of the molecule is Cc1ccc(C=C2SC(=S)N(CCCC(=O)Nc3ccc(C)cc3)C2=O)cc1. The molecule has 0 unspecified atom stereocenters.